The van der Waals surface area contributed by atoms with E-state index in [0.717, 1.165) is 19.1 Å². The number of nitrogen functional groups attached to an aromatic ring is 1. The van der Waals surface area contributed by atoms with Crippen LogP contribution in [0, 0.1) is 6.92 Å². The van der Waals surface area contributed by atoms with Gasteiger partial charge in [-0.05, 0) is 60.8 Å². The summed E-state index contributed by atoms with van der Waals surface area (Å²) in [5.74, 6) is 0.909. The van der Waals surface area contributed by atoms with Gasteiger partial charge in [0.15, 0.2) is 5.82 Å². The van der Waals surface area contributed by atoms with Crippen LogP contribution in [-0.2, 0) is 0 Å². The number of pyridine rings is 1. The summed E-state index contributed by atoms with van der Waals surface area (Å²) in [6.07, 6.45) is 1.69. The van der Waals surface area contributed by atoms with Crippen molar-refractivity contribution in [1.29, 1.82) is 0 Å². The third-order valence-electron chi connectivity index (χ3n) is 2.06. The lowest BCUT2D eigenvalue weighted by Gasteiger charge is -2.06. The van der Waals surface area contributed by atoms with Gasteiger partial charge in [0.2, 0.25) is 0 Å². The Morgan fingerprint density at radius 1 is 1.18 bits per heavy atom. The Morgan fingerprint density at radius 2 is 1.88 bits per heavy atom. The number of aromatic nitrogens is 3. The molecular formula is C10H7Br3N4. The van der Waals surface area contributed by atoms with E-state index in [2.05, 4.69) is 62.7 Å². The molecule has 0 saturated carbocycles. The third kappa shape index (κ3) is 2.66. The number of hydrogen-bond acceptors (Lipinski definition) is 4. The molecule has 2 heterocycles. The Labute approximate surface area is 123 Å². The van der Waals surface area contributed by atoms with Crippen molar-refractivity contribution in [2.75, 3.05) is 5.73 Å². The van der Waals surface area contributed by atoms with Crippen LogP contribution in [0.15, 0.2) is 25.7 Å². The van der Waals surface area contributed by atoms with E-state index in [9.17, 15) is 0 Å². The summed E-state index contributed by atoms with van der Waals surface area (Å²) in [5.41, 5.74) is 7.23. The molecule has 0 unspecified atom stereocenters. The lowest BCUT2D eigenvalue weighted by atomic mass is 10.3. The van der Waals surface area contributed by atoms with Crippen LogP contribution in [0.25, 0.3) is 11.5 Å². The van der Waals surface area contributed by atoms with E-state index in [1.807, 2.05) is 13.0 Å². The van der Waals surface area contributed by atoms with Crippen LogP contribution in [0.1, 0.15) is 5.69 Å². The molecule has 0 aliphatic rings. The summed E-state index contributed by atoms with van der Waals surface area (Å²) in [6.45, 7) is 1.86. The van der Waals surface area contributed by atoms with Crippen molar-refractivity contribution in [2.45, 2.75) is 6.92 Å². The minimum Gasteiger partial charge on any atom is -0.383 e. The first-order valence-electron chi connectivity index (χ1n) is 4.60. The average molecular weight is 423 g/mol. The Balaban J connectivity index is 2.61. The minimum absolute atomic E-state index is 0.407. The summed E-state index contributed by atoms with van der Waals surface area (Å²) < 4.78 is 2.41. The van der Waals surface area contributed by atoms with Gasteiger partial charge in [0, 0.05) is 15.1 Å². The molecule has 4 nitrogen and oxygen atoms in total. The van der Waals surface area contributed by atoms with Gasteiger partial charge in [-0.2, -0.15) is 0 Å². The van der Waals surface area contributed by atoms with E-state index in [1.54, 1.807) is 6.20 Å². The first kappa shape index (κ1) is 12.9. The molecule has 0 aromatic carbocycles. The molecule has 0 spiro atoms. The predicted octanol–water partition coefficient (Wildman–Crippen LogP) is 3.72. The van der Waals surface area contributed by atoms with E-state index in [-0.39, 0.29) is 0 Å². The molecule has 88 valence electrons. The van der Waals surface area contributed by atoms with Crippen molar-refractivity contribution in [3.8, 4) is 11.5 Å². The molecular weight excluding hydrogens is 416 g/mol. The van der Waals surface area contributed by atoms with Gasteiger partial charge in [0.1, 0.15) is 11.5 Å². The number of anilines is 1. The molecule has 0 aliphatic heterocycles. The Hall–Kier alpha value is -0.530. The second-order valence-electron chi connectivity index (χ2n) is 3.32. The largest absolute Gasteiger partial charge is 0.383 e. The lowest BCUT2D eigenvalue weighted by molar-refractivity contribution is 1.08. The highest BCUT2D eigenvalue weighted by molar-refractivity contribution is 9.11. The van der Waals surface area contributed by atoms with Crippen molar-refractivity contribution >= 4 is 53.6 Å². The van der Waals surface area contributed by atoms with Gasteiger partial charge in [0.25, 0.3) is 0 Å². The first-order chi connectivity index (χ1) is 7.99. The molecule has 2 rings (SSSR count). The summed E-state index contributed by atoms with van der Waals surface area (Å²) >= 11 is 10.1. The minimum atomic E-state index is 0.407. The van der Waals surface area contributed by atoms with Gasteiger partial charge in [-0.1, -0.05) is 0 Å². The highest BCUT2D eigenvalue weighted by Gasteiger charge is 2.12. The Bertz CT molecular complexity index is 563. The quantitative estimate of drug-likeness (QED) is 0.760. The number of aryl methyl sites for hydroxylation is 1. The second kappa shape index (κ2) is 4.99. The fourth-order valence-electron chi connectivity index (χ4n) is 1.27. The zero-order valence-corrected chi connectivity index (χ0v) is 13.5. The molecule has 0 radical (unpaired) electrons. The summed E-state index contributed by atoms with van der Waals surface area (Å²) in [5, 5.41) is 0. The number of rotatable bonds is 1. The maximum absolute atomic E-state index is 5.79. The topological polar surface area (TPSA) is 64.7 Å². The van der Waals surface area contributed by atoms with E-state index in [4.69, 9.17) is 5.73 Å². The van der Waals surface area contributed by atoms with E-state index >= 15 is 0 Å². The molecule has 0 amide bonds. The van der Waals surface area contributed by atoms with Crippen LogP contribution in [-0.4, -0.2) is 15.0 Å². The van der Waals surface area contributed by atoms with Gasteiger partial charge in [-0.3, -0.25) is 4.98 Å². The highest BCUT2D eigenvalue weighted by atomic mass is 79.9. The Kier molecular flexibility index (Phi) is 3.79. The van der Waals surface area contributed by atoms with Gasteiger partial charge in [-0.15, -0.1) is 0 Å². The number of halogens is 3. The molecule has 0 atom stereocenters. The molecule has 2 N–H and O–H groups in total. The van der Waals surface area contributed by atoms with Crippen molar-refractivity contribution in [3.63, 3.8) is 0 Å². The van der Waals surface area contributed by atoms with Crippen molar-refractivity contribution < 1.29 is 0 Å². The van der Waals surface area contributed by atoms with E-state index in [1.165, 1.54) is 0 Å². The first-order valence-corrected chi connectivity index (χ1v) is 6.98. The van der Waals surface area contributed by atoms with Crippen LogP contribution in [0.4, 0.5) is 5.82 Å². The van der Waals surface area contributed by atoms with Crippen LogP contribution < -0.4 is 5.73 Å². The zero-order valence-electron chi connectivity index (χ0n) is 8.71. The number of nitrogens with zero attached hydrogens (tertiary/aromatic N) is 3. The van der Waals surface area contributed by atoms with E-state index < -0.39 is 0 Å². The highest BCUT2D eigenvalue weighted by Crippen LogP contribution is 2.29. The van der Waals surface area contributed by atoms with Gasteiger partial charge in [-0.25, -0.2) is 9.97 Å². The van der Waals surface area contributed by atoms with Crippen LogP contribution in [0.3, 0.4) is 0 Å². The van der Waals surface area contributed by atoms with Crippen LogP contribution in [0.5, 0.6) is 0 Å². The molecule has 17 heavy (non-hydrogen) atoms. The molecule has 0 bridgehead atoms. The molecule has 2 aromatic rings. The van der Waals surface area contributed by atoms with Crippen molar-refractivity contribution in [2.24, 2.45) is 0 Å². The zero-order chi connectivity index (χ0) is 12.6. The summed E-state index contributed by atoms with van der Waals surface area (Å²) in [4.78, 5) is 12.8. The lowest BCUT2D eigenvalue weighted by Crippen LogP contribution is -2.01. The monoisotopic (exact) mass is 420 g/mol. The number of hydrogen-bond donors (Lipinski definition) is 1. The molecule has 0 aliphatic carbocycles. The molecule has 7 heteroatoms. The fraction of sp³-hybridized carbons (Fsp3) is 0.100. The molecule has 0 saturated heterocycles. The maximum atomic E-state index is 5.79. The molecule has 0 fully saturated rings. The molecule has 2 aromatic heterocycles. The number of nitrogens with two attached hydrogens (primary N) is 1. The van der Waals surface area contributed by atoms with E-state index in [0.29, 0.717) is 17.3 Å². The Morgan fingerprint density at radius 3 is 2.47 bits per heavy atom. The summed E-state index contributed by atoms with van der Waals surface area (Å²) in [6, 6.07) is 1.89. The summed E-state index contributed by atoms with van der Waals surface area (Å²) in [7, 11) is 0. The van der Waals surface area contributed by atoms with Gasteiger partial charge < -0.3 is 5.73 Å². The normalized spacial score (nSPS) is 10.6. The average Bonchev–Trinajstić information content (AvgIpc) is 2.25. The fourth-order valence-corrected chi connectivity index (χ4v) is 2.61. The van der Waals surface area contributed by atoms with Crippen LogP contribution >= 0.6 is 47.8 Å². The van der Waals surface area contributed by atoms with Crippen molar-refractivity contribution in [3.05, 3.63) is 31.4 Å². The SMILES string of the molecule is Cc1nc(-c2ncc(Br)cc2Br)nc(N)c1Br. The smallest absolute Gasteiger partial charge is 0.181 e. The van der Waals surface area contributed by atoms with Gasteiger partial charge in [0.05, 0.1) is 10.2 Å². The predicted molar refractivity (Wildman–Crippen MR) is 77.5 cm³/mol. The van der Waals surface area contributed by atoms with Crippen molar-refractivity contribution in [1.82, 2.24) is 15.0 Å². The maximum Gasteiger partial charge on any atom is 0.181 e. The van der Waals surface area contributed by atoms with Gasteiger partial charge >= 0.3 is 0 Å². The third-order valence-corrected chi connectivity index (χ3v) is 4.08. The standard InChI is InChI=1S/C10H7Br3N4/c1-4-7(13)9(14)17-10(16-4)8-6(12)2-5(11)3-15-8/h2-3H,1H3,(H2,14,16,17). The second-order valence-corrected chi connectivity index (χ2v) is 5.88. The van der Waals surface area contributed by atoms with Crippen LogP contribution in [0.2, 0.25) is 0 Å².